The van der Waals surface area contributed by atoms with Gasteiger partial charge in [0, 0.05) is 12.6 Å². The van der Waals surface area contributed by atoms with E-state index >= 15 is 0 Å². The zero-order chi connectivity index (χ0) is 14.7. The zero-order valence-electron chi connectivity index (χ0n) is 12.8. The molecule has 116 valence electrons. The number of hydrogen-bond acceptors (Lipinski definition) is 3. The number of nitrogens with zero attached hydrogens (tertiary/aromatic N) is 1. The summed E-state index contributed by atoms with van der Waals surface area (Å²) in [5.41, 5.74) is 1.27. The molecule has 0 spiro atoms. The van der Waals surface area contributed by atoms with E-state index in [9.17, 15) is 0 Å². The first-order valence-electron chi connectivity index (χ1n) is 8.03. The van der Waals surface area contributed by atoms with Crippen molar-refractivity contribution in [3.8, 4) is 5.75 Å². The third kappa shape index (κ3) is 4.35. The Kier molecular flexibility index (Phi) is 5.04. The van der Waals surface area contributed by atoms with Crippen LogP contribution in [-0.2, 0) is 6.54 Å². The summed E-state index contributed by atoms with van der Waals surface area (Å²) in [6.45, 7) is 4.57. The van der Waals surface area contributed by atoms with Crippen molar-refractivity contribution in [3.63, 3.8) is 0 Å². The maximum absolute atomic E-state index is 6.19. The molecule has 1 aromatic carbocycles. The quantitative estimate of drug-likeness (QED) is 0.872. The first-order valence-corrected chi connectivity index (χ1v) is 8.40. The third-order valence-corrected chi connectivity index (χ3v) is 4.90. The van der Waals surface area contributed by atoms with Gasteiger partial charge in [0.25, 0.3) is 0 Å². The number of ether oxygens (including phenoxy) is 1. The number of piperidine rings is 1. The van der Waals surface area contributed by atoms with Crippen LogP contribution in [0.4, 0.5) is 0 Å². The average molecular weight is 309 g/mol. The van der Waals surface area contributed by atoms with Gasteiger partial charge in [-0.15, -0.1) is 0 Å². The molecule has 0 unspecified atom stereocenters. The van der Waals surface area contributed by atoms with E-state index in [1.165, 1.54) is 50.9 Å². The summed E-state index contributed by atoms with van der Waals surface area (Å²) >= 11 is 6.19. The van der Waals surface area contributed by atoms with Crippen LogP contribution in [0.2, 0.25) is 5.02 Å². The Morgan fingerprint density at radius 1 is 1.24 bits per heavy atom. The second-order valence-electron chi connectivity index (χ2n) is 6.37. The Bertz CT molecular complexity index is 468. The van der Waals surface area contributed by atoms with Crippen molar-refractivity contribution in [2.45, 2.75) is 38.3 Å². The van der Waals surface area contributed by atoms with Gasteiger partial charge in [-0.05, 0) is 68.9 Å². The topological polar surface area (TPSA) is 24.5 Å². The lowest BCUT2D eigenvalue weighted by Crippen LogP contribution is -2.42. The fourth-order valence-electron chi connectivity index (χ4n) is 3.02. The number of nitrogens with one attached hydrogen (secondary N) is 1. The van der Waals surface area contributed by atoms with Crippen molar-refractivity contribution in [3.05, 3.63) is 28.8 Å². The van der Waals surface area contributed by atoms with E-state index in [1.807, 2.05) is 12.1 Å². The monoisotopic (exact) mass is 308 g/mol. The normalized spacial score (nSPS) is 20.7. The first-order chi connectivity index (χ1) is 10.2. The Hall–Kier alpha value is -0.770. The number of likely N-dealkylation sites (tertiary alicyclic amines) is 1. The van der Waals surface area contributed by atoms with Crippen molar-refractivity contribution in [1.82, 2.24) is 10.2 Å². The maximum atomic E-state index is 6.19. The predicted molar refractivity (Wildman–Crippen MR) is 87.0 cm³/mol. The maximum Gasteiger partial charge on any atom is 0.137 e. The van der Waals surface area contributed by atoms with Crippen LogP contribution in [0.25, 0.3) is 0 Å². The van der Waals surface area contributed by atoms with Gasteiger partial charge in [0.15, 0.2) is 0 Å². The van der Waals surface area contributed by atoms with Crippen LogP contribution < -0.4 is 10.1 Å². The Labute approximate surface area is 132 Å². The van der Waals surface area contributed by atoms with Gasteiger partial charge in [-0.25, -0.2) is 0 Å². The summed E-state index contributed by atoms with van der Waals surface area (Å²) < 4.78 is 5.20. The predicted octanol–water partition coefficient (Wildman–Crippen LogP) is 3.31. The molecule has 1 saturated carbocycles. The summed E-state index contributed by atoms with van der Waals surface area (Å²) in [5, 5.41) is 4.43. The number of methoxy groups -OCH3 is 1. The molecule has 0 amide bonds. The molecule has 3 rings (SSSR count). The SMILES string of the molecule is COc1ccc(CN2CCC(NCC3CC3)CC2)cc1Cl. The second-order valence-corrected chi connectivity index (χ2v) is 6.78. The summed E-state index contributed by atoms with van der Waals surface area (Å²) in [6.07, 6.45) is 5.39. The highest BCUT2D eigenvalue weighted by molar-refractivity contribution is 6.32. The van der Waals surface area contributed by atoms with Crippen LogP contribution in [-0.4, -0.2) is 37.7 Å². The van der Waals surface area contributed by atoms with Crippen LogP contribution in [0.3, 0.4) is 0 Å². The van der Waals surface area contributed by atoms with Gasteiger partial charge in [-0.1, -0.05) is 17.7 Å². The van der Waals surface area contributed by atoms with E-state index in [0.717, 1.165) is 24.3 Å². The highest BCUT2D eigenvalue weighted by Crippen LogP contribution is 2.28. The van der Waals surface area contributed by atoms with Crippen molar-refractivity contribution >= 4 is 11.6 Å². The lowest BCUT2D eigenvalue weighted by atomic mass is 10.0. The zero-order valence-corrected chi connectivity index (χ0v) is 13.5. The molecule has 0 aromatic heterocycles. The Morgan fingerprint density at radius 2 is 2.00 bits per heavy atom. The molecule has 1 heterocycles. The molecule has 0 bridgehead atoms. The van der Waals surface area contributed by atoms with Gasteiger partial charge in [0.05, 0.1) is 12.1 Å². The van der Waals surface area contributed by atoms with Crippen LogP contribution in [0.1, 0.15) is 31.2 Å². The van der Waals surface area contributed by atoms with E-state index < -0.39 is 0 Å². The fraction of sp³-hybridized carbons (Fsp3) is 0.647. The van der Waals surface area contributed by atoms with Crippen LogP contribution in [0, 0.1) is 5.92 Å². The van der Waals surface area contributed by atoms with Gasteiger partial charge >= 0.3 is 0 Å². The smallest absolute Gasteiger partial charge is 0.137 e. The molecular formula is C17H25ClN2O. The third-order valence-electron chi connectivity index (χ3n) is 4.60. The lowest BCUT2D eigenvalue weighted by molar-refractivity contribution is 0.190. The largest absolute Gasteiger partial charge is 0.495 e. The Balaban J connectivity index is 1.44. The highest BCUT2D eigenvalue weighted by Gasteiger charge is 2.24. The number of benzene rings is 1. The van der Waals surface area contributed by atoms with Gasteiger partial charge in [-0.3, -0.25) is 4.90 Å². The highest BCUT2D eigenvalue weighted by atomic mass is 35.5. The molecule has 4 heteroatoms. The Morgan fingerprint density at radius 3 is 2.62 bits per heavy atom. The summed E-state index contributed by atoms with van der Waals surface area (Å²) in [7, 11) is 1.65. The summed E-state index contributed by atoms with van der Waals surface area (Å²) in [5.74, 6) is 1.73. The van der Waals surface area contributed by atoms with Crippen molar-refractivity contribution in [2.75, 3.05) is 26.7 Å². The van der Waals surface area contributed by atoms with E-state index in [-0.39, 0.29) is 0 Å². The molecule has 2 fully saturated rings. The van der Waals surface area contributed by atoms with E-state index in [1.54, 1.807) is 7.11 Å². The van der Waals surface area contributed by atoms with Crippen LogP contribution >= 0.6 is 11.6 Å². The van der Waals surface area contributed by atoms with Gasteiger partial charge in [-0.2, -0.15) is 0 Å². The van der Waals surface area contributed by atoms with Gasteiger partial charge in [0.1, 0.15) is 5.75 Å². The number of hydrogen-bond donors (Lipinski definition) is 1. The number of rotatable bonds is 6. The summed E-state index contributed by atoms with van der Waals surface area (Å²) in [4.78, 5) is 2.52. The van der Waals surface area contributed by atoms with Gasteiger partial charge < -0.3 is 10.1 Å². The molecule has 1 aliphatic heterocycles. The van der Waals surface area contributed by atoms with Crippen LogP contribution in [0.5, 0.6) is 5.75 Å². The molecule has 21 heavy (non-hydrogen) atoms. The fourth-order valence-corrected chi connectivity index (χ4v) is 3.30. The van der Waals surface area contributed by atoms with E-state index in [2.05, 4.69) is 16.3 Å². The number of halogens is 1. The van der Waals surface area contributed by atoms with Crippen molar-refractivity contribution in [1.29, 1.82) is 0 Å². The molecule has 1 N–H and O–H groups in total. The molecule has 1 saturated heterocycles. The standard InChI is InChI=1S/C17H25ClN2O/c1-21-17-5-4-14(10-16(17)18)12-20-8-6-15(7-9-20)19-11-13-2-3-13/h4-5,10,13,15,19H,2-3,6-9,11-12H2,1H3. The van der Waals surface area contributed by atoms with Crippen LogP contribution in [0.15, 0.2) is 18.2 Å². The van der Waals surface area contributed by atoms with Crippen molar-refractivity contribution in [2.24, 2.45) is 5.92 Å². The molecule has 2 aliphatic rings. The molecule has 1 aliphatic carbocycles. The minimum atomic E-state index is 0.705. The first kappa shape index (κ1) is 15.1. The molecular weight excluding hydrogens is 284 g/mol. The lowest BCUT2D eigenvalue weighted by Gasteiger charge is -2.32. The van der Waals surface area contributed by atoms with Crippen molar-refractivity contribution < 1.29 is 4.74 Å². The molecule has 1 aromatic rings. The minimum absolute atomic E-state index is 0.705. The van der Waals surface area contributed by atoms with E-state index in [4.69, 9.17) is 16.3 Å². The molecule has 0 atom stereocenters. The van der Waals surface area contributed by atoms with E-state index in [0.29, 0.717) is 5.02 Å². The summed E-state index contributed by atoms with van der Waals surface area (Å²) in [6, 6.07) is 6.82. The van der Waals surface area contributed by atoms with Gasteiger partial charge in [0.2, 0.25) is 0 Å². The average Bonchev–Trinajstić information content (AvgIpc) is 3.31. The molecule has 0 radical (unpaired) electrons. The molecule has 3 nitrogen and oxygen atoms in total. The second kappa shape index (κ2) is 6.99. The minimum Gasteiger partial charge on any atom is -0.495 e.